The van der Waals surface area contributed by atoms with E-state index >= 15 is 0 Å². The largest absolute Gasteiger partial charge is 0.480 e. The van der Waals surface area contributed by atoms with Crippen LogP contribution in [0.2, 0.25) is 0 Å². The molecule has 2 aromatic carbocycles. The van der Waals surface area contributed by atoms with Crippen molar-refractivity contribution >= 4 is 23.9 Å². The highest BCUT2D eigenvalue weighted by Gasteiger charge is 2.46. The first-order chi connectivity index (χ1) is 17.7. The molecule has 0 aliphatic carbocycles. The summed E-state index contributed by atoms with van der Waals surface area (Å²) < 4.78 is 11.1. The molecule has 1 aliphatic rings. The molecule has 0 bridgehead atoms. The third-order valence-electron chi connectivity index (χ3n) is 5.91. The molecule has 0 unspecified atom stereocenters. The maximum atomic E-state index is 12.5. The Hall–Kier alpha value is -3.92. The lowest BCUT2D eigenvalue weighted by Gasteiger charge is -2.18. The predicted octanol–water partition coefficient (Wildman–Crippen LogP) is 2.02. The standard InChI is InChI=1S/C27H33N3O7/c1-17(2)24(26(33)34)30-23(32)15-28-22(31)14-21-25(37-21)20(13-18-9-5-3-6-10-18)29-27(35)36-16-19-11-7-4-8-12-19/h3-12,17,20-21,24-25H,13-16H2,1-2H3,(H,28,31)(H,29,35)(H,30,32)(H,33,34)/t20-,21-,24-,25+/m0/s1. The van der Waals surface area contributed by atoms with Crippen molar-refractivity contribution in [1.82, 2.24) is 16.0 Å². The van der Waals surface area contributed by atoms with Gasteiger partial charge in [-0.25, -0.2) is 9.59 Å². The average molecular weight is 512 g/mol. The summed E-state index contributed by atoms with van der Waals surface area (Å²) in [6.07, 6.45) is -0.942. The molecular formula is C27H33N3O7. The van der Waals surface area contributed by atoms with Gasteiger partial charge in [0.05, 0.1) is 25.1 Å². The fraction of sp³-hybridized carbons (Fsp3) is 0.407. The van der Waals surface area contributed by atoms with Gasteiger partial charge in [-0.15, -0.1) is 0 Å². The predicted molar refractivity (Wildman–Crippen MR) is 134 cm³/mol. The average Bonchev–Trinajstić information content (AvgIpc) is 3.64. The molecule has 0 radical (unpaired) electrons. The van der Waals surface area contributed by atoms with E-state index < -0.39 is 48.2 Å². The molecule has 1 heterocycles. The van der Waals surface area contributed by atoms with Crippen LogP contribution in [0.1, 0.15) is 31.4 Å². The summed E-state index contributed by atoms with van der Waals surface area (Å²) in [4.78, 5) is 48.1. The highest BCUT2D eigenvalue weighted by atomic mass is 16.6. The minimum atomic E-state index is -1.14. The molecule has 1 aliphatic heterocycles. The Kier molecular flexibility index (Phi) is 10.0. The zero-order valence-corrected chi connectivity index (χ0v) is 20.9. The Balaban J connectivity index is 1.49. The van der Waals surface area contributed by atoms with E-state index in [1.807, 2.05) is 60.7 Å². The number of alkyl carbamates (subject to hydrolysis) is 1. The quantitative estimate of drug-likeness (QED) is 0.301. The second-order valence-corrected chi connectivity index (χ2v) is 9.25. The third kappa shape index (κ3) is 9.23. The lowest BCUT2D eigenvalue weighted by molar-refractivity contribution is -0.143. The number of epoxide rings is 1. The number of carboxylic acids is 1. The molecule has 2 aromatic rings. The molecular weight excluding hydrogens is 478 g/mol. The Labute approximate surface area is 215 Å². The number of benzene rings is 2. The number of carbonyl (C=O) groups excluding carboxylic acids is 3. The van der Waals surface area contributed by atoms with E-state index in [1.54, 1.807) is 13.8 Å². The highest BCUT2D eigenvalue weighted by Crippen LogP contribution is 2.30. The number of nitrogens with one attached hydrogen (secondary N) is 3. The number of ether oxygens (including phenoxy) is 2. The molecule has 0 saturated carbocycles. The summed E-state index contributed by atoms with van der Waals surface area (Å²) in [5.41, 5.74) is 1.85. The van der Waals surface area contributed by atoms with E-state index in [1.165, 1.54) is 0 Å². The summed E-state index contributed by atoms with van der Waals surface area (Å²) in [6.45, 7) is 3.15. The van der Waals surface area contributed by atoms with Crippen LogP contribution in [0.5, 0.6) is 0 Å². The molecule has 4 N–H and O–H groups in total. The Bertz CT molecular complexity index is 1060. The van der Waals surface area contributed by atoms with E-state index in [2.05, 4.69) is 16.0 Å². The van der Waals surface area contributed by atoms with Gasteiger partial charge >= 0.3 is 12.1 Å². The van der Waals surface area contributed by atoms with Crippen LogP contribution in [0.3, 0.4) is 0 Å². The number of amides is 3. The van der Waals surface area contributed by atoms with Crippen molar-refractivity contribution in [3.63, 3.8) is 0 Å². The second kappa shape index (κ2) is 13.4. The van der Waals surface area contributed by atoms with E-state index in [0.29, 0.717) is 6.42 Å². The van der Waals surface area contributed by atoms with Crippen LogP contribution in [0, 0.1) is 5.92 Å². The van der Waals surface area contributed by atoms with Crippen LogP contribution in [0.25, 0.3) is 0 Å². The smallest absolute Gasteiger partial charge is 0.407 e. The van der Waals surface area contributed by atoms with Gasteiger partial charge in [-0.3, -0.25) is 9.59 Å². The van der Waals surface area contributed by atoms with Crippen LogP contribution < -0.4 is 16.0 Å². The summed E-state index contributed by atoms with van der Waals surface area (Å²) >= 11 is 0. The van der Waals surface area contributed by atoms with E-state index in [4.69, 9.17) is 9.47 Å². The van der Waals surface area contributed by atoms with Gasteiger partial charge in [-0.1, -0.05) is 74.5 Å². The zero-order valence-electron chi connectivity index (χ0n) is 20.9. The van der Waals surface area contributed by atoms with E-state index in [9.17, 15) is 24.3 Å². The maximum Gasteiger partial charge on any atom is 0.407 e. The maximum absolute atomic E-state index is 12.5. The fourth-order valence-electron chi connectivity index (χ4n) is 3.88. The Morgan fingerprint density at radius 3 is 2.14 bits per heavy atom. The van der Waals surface area contributed by atoms with Crippen molar-refractivity contribution in [3.8, 4) is 0 Å². The Morgan fingerprint density at radius 2 is 1.54 bits per heavy atom. The van der Waals surface area contributed by atoms with Crippen LogP contribution in [0.4, 0.5) is 4.79 Å². The van der Waals surface area contributed by atoms with Gasteiger partial charge in [0.1, 0.15) is 18.8 Å². The topological polar surface area (TPSA) is 146 Å². The van der Waals surface area contributed by atoms with E-state index in [0.717, 1.165) is 11.1 Å². The van der Waals surface area contributed by atoms with Crippen LogP contribution in [0.15, 0.2) is 60.7 Å². The number of carbonyl (C=O) groups is 4. The van der Waals surface area contributed by atoms with Gasteiger partial charge in [-0.05, 0) is 23.5 Å². The van der Waals surface area contributed by atoms with Crippen LogP contribution in [-0.4, -0.2) is 59.8 Å². The van der Waals surface area contributed by atoms with Crippen LogP contribution in [-0.2, 0) is 36.9 Å². The molecule has 0 spiro atoms. The summed E-state index contributed by atoms with van der Waals surface area (Å²) in [7, 11) is 0. The molecule has 0 aromatic heterocycles. The first-order valence-electron chi connectivity index (χ1n) is 12.2. The van der Waals surface area contributed by atoms with Crippen molar-refractivity contribution in [2.24, 2.45) is 5.92 Å². The SMILES string of the molecule is CC(C)[C@H](NC(=O)CNC(=O)C[C@@H]1O[C@@H]1[C@H](Cc1ccccc1)NC(=O)OCc1ccccc1)C(=O)O. The number of carboxylic acid groups (broad SMARTS) is 1. The number of hydrogen-bond acceptors (Lipinski definition) is 6. The van der Waals surface area contributed by atoms with Gasteiger partial charge in [0.2, 0.25) is 11.8 Å². The monoisotopic (exact) mass is 511 g/mol. The number of rotatable bonds is 13. The van der Waals surface area contributed by atoms with E-state index in [-0.39, 0.29) is 25.5 Å². The fourth-order valence-corrected chi connectivity index (χ4v) is 3.88. The van der Waals surface area contributed by atoms with Crippen molar-refractivity contribution in [3.05, 3.63) is 71.8 Å². The molecule has 37 heavy (non-hydrogen) atoms. The minimum absolute atomic E-state index is 0.00345. The highest BCUT2D eigenvalue weighted by molar-refractivity contribution is 5.88. The zero-order chi connectivity index (χ0) is 26.8. The number of hydrogen-bond donors (Lipinski definition) is 4. The van der Waals surface area contributed by atoms with Gasteiger partial charge in [0.25, 0.3) is 0 Å². The Morgan fingerprint density at radius 1 is 0.919 bits per heavy atom. The summed E-state index contributed by atoms with van der Waals surface area (Å²) in [5.74, 6) is -2.44. The van der Waals surface area contributed by atoms with Gasteiger partial charge in [0.15, 0.2) is 0 Å². The molecule has 1 fully saturated rings. The third-order valence-corrected chi connectivity index (χ3v) is 5.91. The second-order valence-electron chi connectivity index (χ2n) is 9.25. The van der Waals surface area contributed by atoms with Crippen molar-refractivity contribution in [2.75, 3.05) is 6.54 Å². The molecule has 3 amide bonds. The molecule has 4 atom stereocenters. The molecule has 1 saturated heterocycles. The first kappa shape index (κ1) is 27.7. The van der Waals surface area contributed by atoms with Gasteiger partial charge < -0.3 is 30.5 Å². The summed E-state index contributed by atoms with van der Waals surface area (Å²) in [5, 5.41) is 16.9. The first-order valence-corrected chi connectivity index (χ1v) is 12.2. The molecule has 10 heteroatoms. The molecule has 10 nitrogen and oxygen atoms in total. The number of aliphatic carboxylic acids is 1. The van der Waals surface area contributed by atoms with Crippen molar-refractivity contribution in [2.45, 2.75) is 57.6 Å². The normalized spacial score (nSPS) is 17.8. The molecule has 3 rings (SSSR count). The summed E-state index contributed by atoms with van der Waals surface area (Å²) in [6, 6.07) is 17.4. The van der Waals surface area contributed by atoms with Crippen molar-refractivity contribution < 1.29 is 33.8 Å². The lowest BCUT2D eigenvalue weighted by Crippen LogP contribution is -2.48. The van der Waals surface area contributed by atoms with Crippen molar-refractivity contribution in [1.29, 1.82) is 0 Å². The van der Waals surface area contributed by atoms with Gasteiger partial charge in [0, 0.05) is 0 Å². The van der Waals surface area contributed by atoms with Crippen LogP contribution >= 0.6 is 0 Å². The minimum Gasteiger partial charge on any atom is -0.480 e. The van der Waals surface area contributed by atoms with Gasteiger partial charge in [-0.2, -0.15) is 0 Å². The lowest BCUT2D eigenvalue weighted by atomic mass is 10.0. The molecule has 198 valence electrons.